The van der Waals surface area contributed by atoms with Crippen molar-refractivity contribution in [2.24, 2.45) is 5.92 Å². The van der Waals surface area contributed by atoms with Crippen LogP contribution in [0.25, 0.3) is 0 Å². The Kier molecular flexibility index (Phi) is 8.33. The van der Waals surface area contributed by atoms with E-state index in [0.717, 1.165) is 49.8 Å². The first-order chi connectivity index (χ1) is 14.5. The number of aryl methyl sites for hydroxylation is 1. The zero-order chi connectivity index (χ0) is 21.3. The molecule has 0 spiro atoms. The predicted octanol–water partition coefficient (Wildman–Crippen LogP) is 3.59. The lowest BCUT2D eigenvalue weighted by molar-refractivity contribution is 0.0948. The maximum absolute atomic E-state index is 12.5. The molecule has 0 bridgehead atoms. The highest BCUT2D eigenvalue weighted by Gasteiger charge is 2.16. The van der Waals surface area contributed by atoms with Crippen LogP contribution in [-0.2, 0) is 6.42 Å². The summed E-state index contributed by atoms with van der Waals surface area (Å²) in [5.41, 5.74) is 1.10. The van der Waals surface area contributed by atoms with Crippen molar-refractivity contribution in [2.75, 3.05) is 31.5 Å². The van der Waals surface area contributed by atoms with Gasteiger partial charge in [-0.2, -0.15) is 0 Å². The van der Waals surface area contributed by atoms with Crippen LogP contribution in [0.2, 0.25) is 0 Å². The average Bonchev–Trinajstić information content (AvgIpc) is 3.20. The van der Waals surface area contributed by atoms with Crippen molar-refractivity contribution in [1.29, 1.82) is 0 Å². The molecule has 0 saturated carbocycles. The summed E-state index contributed by atoms with van der Waals surface area (Å²) >= 11 is 1.30. The van der Waals surface area contributed by atoms with Gasteiger partial charge >= 0.3 is 0 Å². The number of anilines is 1. The standard InChI is InChI=1S/C22H31N5O2S/c1-3-7-19-25-26-22(30-19)21(29)24-18-10-4-9-17(14-18)20(28)23-11-6-13-27-12-5-8-16(2)15-27/h4,9-10,14,16H,3,5-8,11-13,15H2,1-2H3,(H,23,28)(H,24,29)/t16-/m0/s1. The minimum absolute atomic E-state index is 0.126. The number of rotatable bonds is 9. The summed E-state index contributed by atoms with van der Waals surface area (Å²) in [7, 11) is 0. The van der Waals surface area contributed by atoms with E-state index in [1.807, 2.05) is 0 Å². The van der Waals surface area contributed by atoms with Crippen molar-refractivity contribution in [3.05, 3.63) is 39.8 Å². The second-order valence-corrected chi connectivity index (χ2v) is 9.01. The number of nitrogens with one attached hydrogen (secondary N) is 2. The number of carbonyl (C=O) groups is 2. The molecule has 1 fully saturated rings. The first-order valence-electron chi connectivity index (χ1n) is 10.8. The van der Waals surface area contributed by atoms with E-state index in [1.54, 1.807) is 24.3 Å². The molecule has 8 heteroatoms. The molecule has 162 valence electrons. The maximum atomic E-state index is 12.5. The molecule has 2 aromatic rings. The van der Waals surface area contributed by atoms with Crippen molar-refractivity contribution >= 4 is 28.8 Å². The number of amides is 2. The lowest BCUT2D eigenvalue weighted by atomic mass is 10.0. The van der Waals surface area contributed by atoms with E-state index in [9.17, 15) is 9.59 Å². The van der Waals surface area contributed by atoms with Crippen molar-refractivity contribution in [3.63, 3.8) is 0 Å². The van der Waals surface area contributed by atoms with Crippen LogP contribution in [0.4, 0.5) is 5.69 Å². The third kappa shape index (κ3) is 6.60. The molecule has 1 aromatic carbocycles. The van der Waals surface area contributed by atoms with Gasteiger partial charge in [-0.15, -0.1) is 10.2 Å². The Bertz CT molecular complexity index is 854. The lowest BCUT2D eigenvalue weighted by Gasteiger charge is -2.30. The van der Waals surface area contributed by atoms with Crippen LogP contribution in [0.5, 0.6) is 0 Å². The van der Waals surface area contributed by atoms with Gasteiger partial charge in [0.15, 0.2) is 0 Å². The minimum Gasteiger partial charge on any atom is -0.352 e. The molecule has 1 aliphatic heterocycles. The fourth-order valence-corrected chi connectivity index (χ4v) is 4.52. The van der Waals surface area contributed by atoms with Crippen LogP contribution >= 0.6 is 11.3 Å². The van der Waals surface area contributed by atoms with Gasteiger partial charge in [0.05, 0.1) is 0 Å². The van der Waals surface area contributed by atoms with Crippen LogP contribution in [0.15, 0.2) is 24.3 Å². The molecule has 0 aliphatic carbocycles. The Labute approximate surface area is 182 Å². The van der Waals surface area contributed by atoms with E-state index in [0.29, 0.717) is 22.8 Å². The van der Waals surface area contributed by atoms with Gasteiger partial charge in [0.25, 0.3) is 11.8 Å². The van der Waals surface area contributed by atoms with Crippen molar-refractivity contribution in [1.82, 2.24) is 20.4 Å². The monoisotopic (exact) mass is 429 g/mol. The summed E-state index contributed by atoms with van der Waals surface area (Å²) in [6.45, 7) is 8.34. The van der Waals surface area contributed by atoms with Gasteiger partial charge in [-0.05, 0) is 62.9 Å². The average molecular weight is 430 g/mol. The number of aromatic nitrogens is 2. The highest BCUT2D eigenvalue weighted by Crippen LogP contribution is 2.17. The summed E-state index contributed by atoms with van der Waals surface area (Å²) in [5.74, 6) is 0.340. The van der Waals surface area contributed by atoms with Crippen LogP contribution in [0, 0.1) is 5.92 Å². The van der Waals surface area contributed by atoms with E-state index < -0.39 is 0 Å². The molecule has 30 heavy (non-hydrogen) atoms. The van der Waals surface area contributed by atoms with Crippen molar-refractivity contribution < 1.29 is 9.59 Å². The van der Waals surface area contributed by atoms with Crippen molar-refractivity contribution in [3.8, 4) is 0 Å². The fourth-order valence-electron chi connectivity index (χ4n) is 3.68. The largest absolute Gasteiger partial charge is 0.352 e. The Morgan fingerprint density at radius 3 is 2.93 bits per heavy atom. The highest BCUT2D eigenvalue weighted by atomic mass is 32.1. The van der Waals surface area contributed by atoms with Gasteiger partial charge in [-0.1, -0.05) is 31.3 Å². The quantitative estimate of drug-likeness (QED) is 0.595. The zero-order valence-electron chi connectivity index (χ0n) is 17.8. The van der Waals surface area contributed by atoms with Gasteiger partial charge in [-0.25, -0.2) is 0 Å². The molecular weight excluding hydrogens is 398 g/mol. The van der Waals surface area contributed by atoms with Crippen LogP contribution in [0.3, 0.4) is 0 Å². The molecule has 2 heterocycles. The molecule has 1 aliphatic rings. The Morgan fingerprint density at radius 2 is 2.13 bits per heavy atom. The topological polar surface area (TPSA) is 87.2 Å². The molecule has 1 atom stereocenters. The second-order valence-electron chi connectivity index (χ2n) is 7.94. The third-order valence-corrected chi connectivity index (χ3v) is 6.17. The SMILES string of the molecule is CCCc1nnc(C(=O)Nc2cccc(C(=O)NCCCN3CCC[C@H](C)C3)c2)s1. The van der Waals surface area contributed by atoms with Gasteiger partial charge in [0, 0.05) is 30.8 Å². The van der Waals surface area contributed by atoms with E-state index in [4.69, 9.17) is 0 Å². The highest BCUT2D eigenvalue weighted by molar-refractivity contribution is 7.13. The van der Waals surface area contributed by atoms with Gasteiger partial charge in [0.1, 0.15) is 5.01 Å². The van der Waals surface area contributed by atoms with E-state index >= 15 is 0 Å². The maximum Gasteiger partial charge on any atom is 0.286 e. The van der Waals surface area contributed by atoms with Gasteiger partial charge in [-0.3, -0.25) is 9.59 Å². The number of benzene rings is 1. The normalized spacial score (nSPS) is 16.9. The molecule has 2 amide bonds. The zero-order valence-corrected chi connectivity index (χ0v) is 18.6. The Balaban J connectivity index is 1.46. The summed E-state index contributed by atoms with van der Waals surface area (Å²) < 4.78 is 0. The van der Waals surface area contributed by atoms with Crippen LogP contribution < -0.4 is 10.6 Å². The smallest absolute Gasteiger partial charge is 0.286 e. The molecule has 0 unspecified atom stereocenters. The number of hydrogen-bond donors (Lipinski definition) is 2. The number of piperidine rings is 1. The van der Waals surface area contributed by atoms with Gasteiger partial charge < -0.3 is 15.5 Å². The number of likely N-dealkylation sites (tertiary alicyclic amines) is 1. The number of carbonyl (C=O) groups excluding carboxylic acids is 2. The van der Waals surface area contributed by atoms with Gasteiger partial charge in [0.2, 0.25) is 5.01 Å². The molecular formula is C22H31N5O2S. The third-order valence-electron chi connectivity index (χ3n) is 5.19. The summed E-state index contributed by atoms with van der Waals surface area (Å²) in [5, 5.41) is 15.0. The van der Waals surface area contributed by atoms with E-state index in [1.165, 1.54) is 24.2 Å². The molecule has 0 radical (unpaired) electrons. The molecule has 1 aromatic heterocycles. The van der Waals surface area contributed by atoms with E-state index in [-0.39, 0.29) is 11.8 Å². The summed E-state index contributed by atoms with van der Waals surface area (Å²) in [6.07, 6.45) is 5.30. The first kappa shape index (κ1) is 22.4. The minimum atomic E-state index is -0.303. The molecule has 1 saturated heterocycles. The number of hydrogen-bond acceptors (Lipinski definition) is 6. The molecule has 2 N–H and O–H groups in total. The lowest BCUT2D eigenvalue weighted by Crippen LogP contribution is -2.36. The van der Waals surface area contributed by atoms with Crippen LogP contribution in [0.1, 0.15) is 64.7 Å². The van der Waals surface area contributed by atoms with E-state index in [2.05, 4.69) is 39.6 Å². The molecule has 7 nitrogen and oxygen atoms in total. The van der Waals surface area contributed by atoms with Crippen LogP contribution in [-0.4, -0.2) is 53.1 Å². The Hall–Kier alpha value is -2.32. The predicted molar refractivity (Wildman–Crippen MR) is 120 cm³/mol. The first-order valence-corrected chi connectivity index (χ1v) is 11.6. The second kappa shape index (κ2) is 11.2. The number of nitrogens with zero attached hydrogens (tertiary/aromatic N) is 3. The fraction of sp³-hybridized carbons (Fsp3) is 0.545. The summed E-state index contributed by atoms with van der Waals surface area (Å²) in [4.78, 5) is 27.3. The molecule has 3 rings (SSSR count). The summed E-state index contributed by atoms with van der Waals surface area (Å²) in [6, 6.07) is 6.97. The Morgan fingerprint density at radius 1 is 1.27 bits per heavy atom. The van der Waals surface area contributed by atoms with Crippen molar-refractivity contribution in [2.45, 2.75) is 46.0 Å².